The summed E-state index contributed by atoms with van der Waals surface area (Å²) in [6, 6.07) is 2.80. The first-order valence-corrected chi connectivity index (χ1v) is 10.5. The van der Waals surface area contributed by atoms with Gasteiger partial charge in [0, 0.05) is 19.3 Å². The highest BCUT2D eigenvalue weighted by atomic mass is 19.4. The van der Waals surface area contributed by atoms with Crippen LogP contribution < -0.4 is 20.5 Å². The van der Waals surface area contributed by atoms with Gasteiger partial charge in [-0.05, 0) is 31.5 Å². The number of aryl methyl sites for hydroxylation is 1. The fraction of sp³-hybridized carbons (Fsp3) is 0.304. The molecule has 0 spiro atoms. The van der Waals surface area contributed by atoms with Crippen LogP contribution in [0.5, 0.6) is 11.6 Å². The molecule has 2 N–H and O–H groups in total. The topological polar surface area (TPSA) is 120 Å². The number of aliphatic hydroxyl groups excluding tert-OH is 1. The van der Waals surface area contributed by atoms with E-state index in [-0.39, 0.29) is 17.4 Å². The Hall–Kier alpha value is -4.38. The normalized spacial score (nSPS) is 13.0. The number of methoxy groups -OCH3 is 1. The van der Waals surface area contributed by atoms with Crippen LogP contribution in [0, 0.1) is 25.1 Å². The van der Waals surface area contributed by atoms with Crippen molar-refractivity contribution in [1.82, 2.24) is 19.3 Å². The summed E-state index contributed by atoms with van der Waals surface area (Å²) in [6.45, 7) is 2.91. The minimum atomic E-state index is -5.04. The Morgan fingerprint density at radius 3 is 2.54 bits per heavy atom. The average molecular weight is 523 g/mol. The summed E-state index contributed by atoms with van der Waals surface area (Å²) in [5.74, 6) is -1.79. The Morgan fingerprint density at radius 2 is 2.00 bits per heavy atom. The second-order valence-corrected chi connectivity index (χ2v) is 7.76. The molecule has 0 fully saturated rings. The number of amides is 1. The number of nitrogens with one attached hydrogen (secondary N) is 1. The molecule has 0 saturated carbocycles. The van der Waals surface area contributed by atoms with Crippen molar-refractivity contribution in [2.24, 2.45) is 7.05 Å². The lowest BCUT2D eigenvalue weighted by Gasteiger charge is -2.20. The van der Waals surface area contributed by atoms with Gasteiger partial charge in [0.1, 0.15) is 29.0 Å². The third-order valence-corrected chi connectivity index (χ3v) is 5.16. The molecule has 0 saturated heterocycles. The van der Waals surface area contributed by atoms with Crippen molar-refractivity contribution in [3.63, 3.8) is 0 Å². The van der Waals surface area contributed by atoms with Crippen LogP contribution in [0.1, 0.15) is 34.8 Å². The zero-order chi connectivity index (χ0) is 27.7. The van der Waals surface area contributed by atoms with Crippen molar-refractivity contribution >= 4 is 11.6 Å². The van der Waals surface area contributed by atoms with E-state index in [1.165, 1.54) is 39.3 Å². The molecule has 10 nitrogen and oxygen atoms in total. The molecule has 3 rings (SSSR count). The van der Waals surface area contributed by atoms with Gasteiger partial charge in [-0.3, -0.25) is 9.36 Å². The van der Waals surface area contributed by atoms with Crippen LogP contribution in [0.25, 0.3) is 5.69 Å². The van der Waals surface area contributed by atoms with Gasteiger partial charge in [-0.25, -0.2) is 14.2 Å². The van der Waals surface area contributed by atoms with E-state index < -0.39 is 52.8 Å². The highest BCUT2D eigenvalue weighted by Crippen LogP contribution is 2.32. The van der Waals surface area contributed by atoms with Crippen LogP contribution in [0.3, 0.4) is 0 Å². The standard InChI is InChI=1S/C23H21F4N5O5/c1-6-17(23(25,26)27)37-16-10-15(32-22(35)31(4)19(30-32)12(3)33)14(24)9-13(16)20(34)29-18-11(2)7-8-28-21(18)36-5/h1,7-10,12,17,33H,2-5H3,(H,29,34)/t12-,17-/m0/s1. The van der Waals surface area contributed by atoms with Crippen molar-refractivity contribution < 1.29 is 36.9 Å². The second kappa shape index (κ2) is 10.3. The molecule has 37 heavy (non-hydrogen) atoms. The van der Waals surface area contributed by atoms with Crippen LogP contribution in [0.15, 0.2) is 29.2 Å². The summed E-state index contributed by atoms with van der Waals surface area (Å²) in [4.78, 5) is 29.6. The van der Waals surface area contributed by atoms with Crippen LogP contribution in [-0.2, 0) is 7.05 Å². The molecule has 0 aliphatic carbocycles. The quantitative estimate of drug-likeness (QED) is 0.361. The van der Waals surface area contributed by atoms with Gasteiger partial charge in [0.2, 0.25) is 5.88 Å². The summed E-state index contributed by atoms with van der Waals surface area (Å²) in [5.41, 5.74) is -1.67. The van der Waals surface area contributed by atoms with Gasteiger partial charge in [-0.15, -0.1) is 11.5 Å². The van der Waals surface area contributed by atoms with E-state index in [1.807, 2.05) is 0 Å². The molecule has 1 amide bonds. The molecule has 0 radical (unpaired) electrons. The van der Waals surface area contributed by atoms with E-state index >= 15 is 4.39 Å². The summed E-state index contributed by atoms with van der Waals surface area (Å²) < 4.78 is 66.8. The van der Waals surface area contributed by atoms with Crippen LogP contribution in [0.2, 0.25) is 0 Å². The zero-order valence-corrected chi connectivity index (χ0v) is 19.9. The molecule has 14 heteroatoms. The highest BCUT2D eigenvalue weighted by molar-refractivity contribution is 6.07. The minimum Gasteiger partial charge on any atom is -0.480 e. The maximum absolute atomic E-state index is 15.2. The van der Waals surface area contributed by atoms with Crippen LogP contribution >= 0.6 is 0 Å². The average Bonchev–Trinajstić information content (AvgIpc) is 3.12. The number of aliphatic hydroxyl groups is 1. The number of terminal acetylenes is 1. The maximum Gasteiger partial charge on any atom is 0.437 e. The fourth-order valence-corrected chi connectivity index (χ4v) is 3.30. The molecule has 0 aliphatic rings. The number of carbonyl (C=O) groups excluding carboxylic acids is 1. The largest absolute Gasteiger partial charge is 0.480 e. The molecule has 196 valence electrons. The number of anilines is 1. The fourth-order valence-electron chi connectivity index (χ4n) is 3.30. The lowest BCUT2D eigenvalue weighted by atomic mass is 10.1. The summed E-state index contributed by atoms with van der Waals surface area (Å²) >= 11 is 0. The lowest BCUT2D eigenvalue weighted by Crippen LogP contribution is -2.33. The maximum atomic E-state index is 15.2. The first-order chi connectivity index (χ1) is 17.3. The number of ether oxygens (including phenoxy) is 2. The van der Waals surface area contributed by atoms with Crippen molar-refractivity contribution in [2.45, 2.75) is 32.2 Å². The highest BCUT2D eigenvalue weighted by Gasteiger charge is 2.41. The molecule has 2 aromatic heterocycles. The SMILES string of the molecule is C#C[C@H](Oc1cc(-n2nc([C@H](C)O)n(C)c2=O)c(F)cc1C(=O)Nc1c(C)ccnc1OC)C(F)(F)F. The number of alkyl halides is 3. The number of benzene rings is 1. The van der Waals surface area contributed by atoms with Gasteiger partial charge in [-0.2, -0.15) is 17.9 Å². The Kier molecular flexibility index (Phi) is 7.58. The molecular weight excluding hydrogens is 502 g/mol. The minimum absolute atomic E-state index is 0.00426. The summed E-state index contributed by atoms with van der Waals surface area (Å²) in [6.07, 6.45) is -2.69. The molecule has 0 aliphatic heterocycles. The third-order valence-electron chi connectivity index (χ3n) is 5.16. The number of hydrogen-bond donors (Lipinski definition) is 2. The summed E-state index contributed by atoms with van der Waals surface area (Å²) in [7, 11) is 2.54. The van der Waals surface area contributed by atoms with Gasteiger partial charge in [0.05, 0.1) is 12.7 Å². The van der Waals surface area contributed by atoms with Crippen molar-refractivity contribution in [2.75, 3.05) is 12.4 Å². The number of halogens is 4. The molecule has 0 unspecified atom stereocenters. The number of nitrogens with zero attached hydrogens (tertiary/aromatic N) is 4. The Balaban J connectivity index is 2.19. The van der Waals surface area contributed by atoms with E-state index in [0.717, 1.165) is 4.57 Å². The van der Waals surface area contributed by atoms with Crippen molar-refractivity contribution in [1.29, 1.82) is 0 Å². The van der Waals surface area contributed by atoms with Gasteiger partial charge in [0.15, 0.2) is 5.82 Å². The summed E-state index contributed by atoms with van der Waals surface area (Å²) in [5, 5.41) is 16.1. The molecule has 2 atom stereocenters. The van der Waals surface area contributed by atoms with E-state index in [9.17, 15) is 27.9 Å². The smallest absolute Gasteiger partial charge is 0.437 e. The number of aromatic nitrogens is 4. The van der Waals surface area contributed by atoms with Crippen LogP contribution in [-0.4, -0.2) is 49.7 Å². The number of hydrogen-bond acceptors (Lipinski definition) is 7. The van der Waals surface area contributed by atoms with E-state index in [0.29, 0.717) is 22.4 Å². The number of pyridine rings is 1. The molecule has 0 bridgehead atoms. The van der Waals surface area contributed by atoms with Crippen molar-refractivity contribution in [3.8, 4) is 29.7 Å². The first-order valence-electron chi connectivity index (χ1n) is 10.5. The number of rotatable bonds is 7. The zero-order valence-electron chi connectivity index (χ0n) is 19.9. The Labute approximate surface area is 207 Å². The predicted octanol–water partition coefficient (Wildman–Crippen LogP) is 2.67. The van der Waals surface area contributed by atoms with Gasteiger partial charge < -0.3 is 19.9 Å². The molecule has 3 aromatic rings. The van der Waals surface area contributed by atoms with Crippen molar-refractivity contribution in [3.05, 3.63) is 57.6 Å². The third kappa shape index (κ3) is 5.41. The predicted molar refractivity (Wildman–Crippen MR) is 122 cm³/mol. The first kappa shape index (κ1) is 27.2. The van der Waals surface area contributed by atoms with Gasteiger partial charge in [0.25, 0.3) is 12.0 Å². The van der Waals surface area contributed by atoms with Gasteiger partial charge in [-0.1, -0.05) is 5.92 Å². The lowest BCUT2D eigenvalue weighted by molar-refractivity contribution is -0.177. The van der Waals surface area contributed by atoms with E-state index in [4.69, 9.17) is 15.9 Å². The van der Waals surface area contributed by atoms with E-state index in [2.05, 4.69) is 15.4 Å². The Morgan fingerprint density at radius 1 is 1.32 bits per heavy atom. The molecular formula is C23H21F4N5O5. The number of carbonyl (C=O) groups is 1. The molecule has 2 heterocycles. The van der Waals surface area contributed by atoms with Gasteiger partial charge >= 0.3 is 11.9 Å². The van der Waals surface area contributed by atoms with Crippen LogP contribution in [0.4, 0.5) is 23.2 Å². The monoisotopic (exact) mass is 523 g/mol. The molecule has 1 aromatic carbocycles. The Bertz CT molecular complexity index is 1440. The van der Waals surface area contributed by atoms with E-state index in [1.54, 1.807) is 6.92 Å². The second-order valence-electron chi connectivity index (χ2n) is 7.76.